The van der Waals surface area contributed by atoms with Crippen LogP contribution in [0.5, 0.6) is 0 Å². The maximum Gasteiger partial charge on any atom is 0.416 e. The fraction of sp³-hybridized carbons (Fsp3) is 0.419. The van der Waals surface area contributed by atoms with Gasteiger partial charge in [-0.25, -0.2) is 0 Å². The molecule has 0 saturated carbocycles. The number of benzene rings is 2. The second kappa shape index (κ2) is 12.0. The lowest BCUT2D eigenvalue weighted by Gasteiger charge is -2.38. The molecule has 0 amide bonds. The van der Waals surface area contributed by atoms with E-state index in [9.17, 15) is 13.2 Å². The van der Waals surface area contributed by atoms with Crippen LogP contribution in [0.3, 0.4) is 0 Å². The van der Waals surface area contributed by atoms with E-state index < -0.39 is 11.7 Å². The molecule has 0 heterocycles. The van der Waals surface area contributed by atoms with Crippen molar-refractivity contribution in [3.63, 3.8) is 0 Å². The Morgan fingerprint density at radius 3 is 2.17 bits per heavy atom. The Morgan fingerprint density at radius 1 is 0.972 bits per heavy atom. The molecule has 36 heavy (non-hydrogen) atoms. The Balaban J connectivity index is 1.71. The molecule has 0 spiro atoms. The van der Waals surface area contributed by atoms with Crippen LogP contribution in [0.4, 0.5) is 18.9 Å². The summed E-state index contributed by atoms with van der Waals surface area (Å²) >= 11 is 0. The van der Waals surface area contributed by atoms with E-state index >= 15 is 0 Å². The highest BCUT2D eigenvalue weighted by molar-refractivity contribution is 5.52. The zero-order chi connectivity index (χ0) is 26.3. The Hall–Kier alpha value is -2.79. The summed E-state index contributed by atoms with van der Waals surface area (Å²) in [5, 5.41) is 7.26. The average molecular weight is 497 g/mol. The molecule has 0 aliphatic heterocycles. The lowest BCUT2D eigenvalue weighted by atomic mass is 9.77. The highest BCUT2D eigenvalue weighted by Gasteiger charge is 2.33. The van der Waals surface area contributed by atoms with Gasteiger partial charge in [0.15, 0.2) is 0 Å². The van der Waals surface area contributed by atoms with Crippen LogP contribution < -0.4 is 10.6 Å². The molecule has 5 heteroatoms. The van der Waals surface area contributed by atoms with Crippen LogP contribution in [-0.4, -0.2) is 12.1 Å². The van der Waals surface area contributed by atoms with Crippen molar-refractivity contribution in [1.82, 2.24) is 5.32 Å². The van der Waals surface area contributed by atoms with Crippen molar-refractivity contribution in [2.45, 2.75) is 77.4 Å². The van der Waals surface area contributed by atoms with Gasteiger partial charge in [-0.3, -0.25) is 0 Å². The first-order valence-electron chi connectivity index (χ1n) is 12.9. The molecule has 2 aromatic rings. The summed E-state index contributed by atoms with van der Waals surface area (Å²) in [5.41, 5.74) is 5.85. The van der Waals surface area contributed by atoms with Crippen LogP contribution in [0.25, 0.3) is 0 Å². The van der Waals surface area contributed by atoms with Gasteiger partial charge in [-0.05, 0) is 79.6 Å². The molecule has 194 valence electrons. The summed E-state index contributed by atoms with van der Waals surface area (Å²) in [6.45, 7) is 13.5. The molecule has 0 radical (unpaired) electrons. The second-order valence-corrected chi connectivity index (χ2v) is 9.94. The molecular weight excluding hydrogens is 457 g/mol. The molecule has 2 nitrogen and oxygen atoms in total. The zero-order valence-electron chi connectivity index (χ0n) is 21.9. The number of rotatable bonds is 11. The molecule has 1 unspecified atom stereocenters. The van der Waals surface area contributed by atoms with Gasteiger partial charge in [0.05, 0.1) is 5.56 Å². The first-order valence-corrected chi connectivity index (χ1v) is 12.9. The Morgan fingerprint density at radius 2 is 1.64 bits per heavy atom. The number of nitrogens with one attached hydrogen (secondary N) is 2. The molecular formula is C31H39F3N2. The zero-order valence-corrected chi connectivity index (χ0v) is 21.9. The van der Waals surface area contributed by atoms with Gasteiger partial charge in [0.25, 0.3) is 0 Å². The first-order chi connectivity index (χ1) is 17.1. The highest BCUT2D eigenvalue weighted by atomic mass is 19.4. The average Bonchev–Trinajstić information content (AvgIpc) is 2.85. The van der Waals surface area contributed by atoms with Crippen LogP contribution in [0.15, 0.2) is 78.5 Å². The van der Waals surface area contributed by atoms with E-state index in [1.54, 1.807) is 12.1 Å². The van der Waals surface area contributed by atoms with Gasteiger partial charge in [-0.15, -0.1) is 0 Å². The molecule has 0 aromatic heterocycles. The molecule has 2 N–H and O–H groups in total. The highest BCUT2D eigenvalue weighted by Crippen LogP contribution is 2.37. The van der Waals surface area contributed by atoms with E-state index in [1.165, 1.54) is 28.8 Å². The largest absolute Gasteiger partial charge is 0.416 e. The number of anilines is 1. The third kappa shape index (κ3) is 6.91. The summed E-state index contributed by atoms with van der Waals surface area (Å²) in [6.07, 6.45) is 7.12. The minimum atomic E-state index is -4.31. The number of hydrogen-bond acceptors (Lipinski definition) is 2. The van der Waals surface area contributed by atoms with Crippen molar-refractivity contribution in [3.8, 4) is 0 Å². The number of alkyl halides is 3. The molecule has 3 rings (SSSR count). The summed E-state index contributed by atoms with van der Waals surface area (Å²) in [4.78, 5) is 0. The molecule has 1 aliphatic carbocycles. The van der Waals surface area contributed by atoms with Crippen molar-refractivity contribution >= 4 is 5.69 Å². The quantitative estimate of drug-likeness (QED) is 0.325. The molecule has 2 aromatic carbocycles. The normalized spacial score (nSPS) is 16.1. The number of allylic oxidation sites excluding steroid dienone is 2. The van der Waals surface area contributed by atoms with Crippen molar-refractivity contribution in [1.29, 1.82) is 0 Å². The number of halogens is 3. The summed E-state index contributed by atoms with van der Waals surface area (Å²) in [5.74, 6) is 0.0818. The summed E-state index contributed by atoms with van der Waals surface area (Å²) in [6, 6.07) is 11.9. The lowest BCUT2D eigenvalue weighted by Crippen LogP contribution is -2.48. The van der Waals surface area contributed by atoms with Gasteiger partial charge in [-0.2, -0.15) is 13.2 Å². The number of aryl methyl sites for hydroxylation is 2. The minimum absolute atomic E-state index is 0.0818. The standard InChI is InChI=1S/C31H39F3N2/c1-6-18-30(19-7-2,35-21-24(5)36-29-17-8-22(3)23(4)20-29)27-13-9-25(10-14-27)26-11-15-28(16-12-26)31(32,33)34/h8-9,11-17,20,25,35-36H,5-7,10,18-19,21H2,1-4H3. The topological polar surface area (TPSA) is 24.1 Å². The third-order valence-corrected chi connectivity index (χ3v) is 7.14. The van der Waals surface area contributed by atoms with Gasteiger partial charge in [0, 0.05) is 29.4 Å². The van der Waals surface area contributed by atoms with Gasteiger partial charge >= 0.3 is 6.18 Å². The first kappa shape index (κ1) is 27.8. The van der Waals surface area contributed by atoms with Crippen LogP contribution >= 0.6 is 0 Å². The predicted molar refractivity (Wildman–Crippen MR) is 145 cm³/mol. The Labute approximate surface area is 214 Å². The number of hydrogen-bond donors (Lipinski definition) is 2. The van der Waals surface area contributed by atoms with E-state index in [4.69, 9.17) is 0 Å². The van der Waals surface area contributed by atoms with Crippen molar-refractivity contribution < 1.29 is 13.2 Å². The van der Waals surface area contributed by atoms with Gasteiger partial charge in [-0.1, -0.05) is 69.7 Å². The van der Waals surface area contributed by atoms with Gasteiger partial charge < -0.3 is 10.6 Å². The van der Waals surface area contributed by atoms with Crippen LogP contribution in [0.1, 0.15) is 74.1 Å². The van der Waals surface area contributed by atoms with Gasteiger partial charge in [0.1, 0.15) is 0 Å². The molecule has 1 aliphatic rings. The van der Waals surface area contributed by atoms with E-state index in [0.717, 1.165) is 49.1 Å². The third-order valence-electron chi connectivity index (χ3n) is 7.14. The summed E-state index contributed by atoms with van der Waals surface area (Å²) in [7, 11) is 0. The lowest BCUT2D eigenvalue weighted by molar-refractivity contribution is -0.137. The fourth-order valence-electron chi connectivity index (χ4n) is 5.03. The molecule has 0 saturated heterocycles. The smallest absolute Gasteiger partial charge is 0.358 e. The van der Waals surface area contributed by atoms with Crippen LogP contribution in [-0.2, 0) is 6.18 Å². The van der Waals surface area contributed by atoms with E-state index in [0.29, 0.717) is 6.54 Å². The summed E-state index contributed by atoms with van der Waals surface area (Å²) < 4.78 is 38.8. The van der Waals surface area contributed by atoms with E-state index in [1.807, 2.05) is 0 Å². The van der Waals surface area contributed by atoms with Crippen LogP contribution in [0, 0.1) is 13.8 Å². The maximum absolute atomic E-state index is 12.9. The van der Waals surface area contributed by atoms with Crippen molar-refractivity contribution in [2.24, 2.45) is 0 Å². The Kier molecular flexibility index (Phi) is 9.24. The van der Waals surface area contributed by atoms with Crippen molar-refractivity contribution in [2.75, 3.05) is 11.9 Å². The van der Waals surface area contributed by atoms with Gasteiger partial charge in [0.2, 0.25) is 0 Å². The maximum atomic E-state index is 12.9. The predicted octanol–water partition coefficient (Wildman–Crippen LogP) is 8.85. The second-order valence-electron chi connectivity index (χ2n) is 9.94. The molecule has 1 atom stereocenters. The van der Waals surface area contributed by atoms with Crippen LogP contribution in [0.2, 0.25) is 0 Å². The molecule has 0 fully saturated rings. The minimum Gasteiger partial charge on any atom is -0.358 e. The SMILES string of the molecule is C=C(CNC(CCC)(CCC)C1=CCC(c2ccc(C(F)(F)F)cc2)C=C1)Nc1ccc(C)c(C)c1. The fourth-order valence-corrected chi connectivity index (χ4v) is 5.03. The molecule has 0 bridgehead atoms. The Bertz CT molecular complexity index is 1090. The van der Waals surface area contributed by atoms with E-state index in [2.05, 4.69) is 81.3 Å². The monoisotopic (exact) mass is 496 g/mol. The van der Waals surface area contributed by atoms with Crippen molar-refractivity contribution in [3.05, 3.63) is 101 Å². The van der Waals surface area contributed by atoms with E-state index in [-0.39, 0.29) is 11.5 Å².